The molecule has 0 N–H and O–H groups in total. The van der Waals surface area contributed by atoms with Gasteiger partial charge in [0.25, 0.3) is 0 Å². The summed E-state index contributed by atoms with van der Waals surface area (Å²) in [5.41, 5.74) is 10.8. The highest BCUT2D eigenvalue weighted by atomic mass is 28.3. The maximum atomic E-state index is 5.75. The number of hydrogen-bond donors (Lipinski definition) is 0. The number of para-hydroxylation sites is 1. The van der Waals surface area contributed by atoms with Gasteiger partial charge >= 0.3 is 0 Å². The van der Waals surface area contributed by atoms with Gasteiger partial charge in [-0.25, -0.2) is 9.97 Å². The third-order valence-corrected chi connectivity index (χ3v) is 16.6. The molecule has 0 fully saturated rings. The average Bonchev–Trinajstić information content (AvgIpc) is 3.80. The molecule has 3 heterocycles. The number of nitrogens with zero attached hydrogens (tertiary/aromatic N) is 3. The maximum Gasteiger partial charge on any atom is 0.203 e. The minimum Gasteiger partial charge on any atom is -0.293 e. The van der Waals surface area contributed by atoms with E-state index in [2.05, 4.69) is 194 Å². The van der Waals surface area contributed by atoms with Gasteiger partial charge in [0.15, 0.2) is 5.82 Å². The topological polar surface area (TPSA) is 30.7 Å². The molecule has 250 valence electrons. The van der Waals surface area contributed by atoms with E-state index in [1.54, 1.807) is 0 Å². The van der Waals surface area contributed by atoms with Gasteiger partial charge in [0.05, 0.1) is 16.4 Å². The Balaban J connectivity index is 1.37. The van der Waals surface area contributed by atoms with Crippen LogP contribution in [0.1, 0.15) is 25.0 Å². The minimum absolute atomic E-state index is 0.222. The highest BCUT2D eigenvalue weighted by Crippen LogP contribution is 2.53. The first-order valence-corrected chi connectivity index (χ1v) is 20.4. The molecule has 3 nitrogen and oxygen atoms in total. The third kappa shape index (κ3) is 3.99. The lowest BCUT2D eigenvalue weighted by atomic mass is 9.81. The molecule has 53 heavy (non-hydrogen) atoms. The normalized spacial score (nSPS) is 14.5. The summed E-state index contributed by atoms with van der Waals surface area (Å²) >= 11 is 0. The molecule has 0 unspecified atom stereocenters. The van der Waals surface area contributed by atoms with Crippen molar-refractivity contribution in [1.29, 1.82) is 0 Å². The highest BCUT2D eigenvalue weighted by Gasteiger charge is 2.52. The van der Waals surface area contributed by atoms with Gasteiger partial charge in [-0.3, -0.25) is 4.57 Å². The number of fused-ring (bicyclic) bond motifs is 10. The van der Waals surface area contributed by atoms with Gasteiger partial charge in [-0.05, 0) is 49.4 Å². The summed E-state index contributed by atoms with van der Waals surface area (Å²) < 4.78 is 2.50. The monoisotopic (exact) mass is 693 g/mol. The summed E-state index contributed by atoms with van der Waals surface area (Å²) in [6.45, 7) is 4.77. The Labute approximate surface area is 309 Å². The van der Waals surface area contributed by atoms with Crippen molar-refractivity contribution in [2.75, 3.05) is 0 Å². The first-order valence-electron chi connectivity index (χ1n) is 18.4. The van der Waals surface area contributed by atoms with Crippen molar-refractivity contribution in [2.24, 2.45) is 0 Å². The quantitative estimate of drug-likeness (QED) is 0.173. The Kier molecular flexibility index (Phi) is 6.32. The van der Waals surface area contributed by atoms with Crippen LogP contribution < -0.4 is 20.9 Å². The van der Waals surface area contributed by atoms with Crippen molar-refractivity contribution < 1.29 is 0 Å². The number of rotatable bonds is 4. The van der Waals surface area contributed by atoms with E-state index in [0.29, 0.717) is 0 Å². The second kappa shape index (κ2) is 11.1. The molecular formula is C49H35N3Si. The second-order valence-electron chi connectivity index (χ2n) is 14.9. The Morgan fingerprint density at radius 3 is 1.85 bits per heavy atom. The van der Waals surface area contributed by atoms with E-state index in [-0.39, 0.29) is 5.41 Å². The zero-order chi connectivity index (χ0) is 35.3. The summed E-state index contributed by atoms with van der Waals surface area (Å²) in [7, 11) is -2.93. The molecule has 0 saturated carbocycles. The van der Waals surface area contributed by atoms with Crippen molar-refractivity contribution in [2.45, 2.75) is 19.3 Å². The van der Waals surface area contributed by atoms with Crippen LogP contribution in [0.15, 0.2) is 176 Å². The molecule has 1 aliphatic heterocycles. The van der Waals surface area contributed by atoms with Crippen LogP contribution in [-0.4, -0.2) is 22.6 Å². The summed E-state index contributed by atoms with van der Waals surface area (Å²) in [4.78, 5) is 11.5. The average molecular weight is 694 g/mol. The van der Waals surface area contributed by atoms with Gasteiger partial charge in [-0.15, -0.1) is 0 Å². The predicted octanol–water partition coefficient (Wildman–Crippen LogP) is 8.90. The zero-order valence-electron chi connectivity index (χ0n) is 29.6. The van der Waals surface area contributed by atoms with Gasteiger partial charge in [0, 0.05) is 27.3 Å². The number of benzene rings is 7. The Bertz CT molecular complexity index is 2870. The SMILES string of the molecule is CC1(C)c2ccccc2-c2ccc3c4ccccc4n(-c4nc(-c5ccccc5)nc5c4-c4ccccc4[Si]5(c4ccccc4)c4ccccc4)c3c21. The van der Waals surface area contributed by atoms with Gasteiger partial charge in [-0.2, -0.15) is 0 Å². The molecule has 0 spiro atoms. The fraction of sp³-hybridized carbons (Fsp3) is 0.0612. The van der Waals surface area contributed by atoms with Crippen LogP contribution in [0.3, 0.4) is 0 Å². The van der Waals surface area contributed by atoms with E-state index in [1.807, 2.05) is 0 Å². The van der Waals surface area contributed by atoms with Gasteiger partial charge in [0.2, 0.25) is 8.07 Å². The summed E-state index contributed by atoms with van der Waals surface area (Å²) in [5, 5.41) is 7.61. The summed E-state index contributed by atoms with van der Waals surface area (Å²) in [5.74, 6) is 1.69. The fourth-order valence-electron chi connectivity index (χ4n) is 9.66. The molecule has 7 aromatic carbocycles. The molecule has 0 atom stereocenters. The Morgan fingerprint density at radius 2 is 1.11 bits per heavy atom. The highest BCUT2D eigenvalue weighted by molar-refractivity contribution is 7.21. The van der Waals surface area contributed by atoms with Gasteiger partial charge in [0.1, 0.15) is 5.82 Å². The first-order chi connectivity index (χ1) is 26.1. The Hall–Kier alpha value is -6.36. The molecule has 4 heteroatoms. The van der Waals surface area contributed by atoms with Gasteiger partial charge in [-0.1, -0.05) is 184 Å². The predicted molar refractivity (Wildman–Crippen MR) is 222 cm³/mol. The molecule has 2 aromatic heterocycles. The van der Waals surface area contributed by atoms with Crippen LogP contribution in [0.25, 0.3) is 61.3 Å². The zero-order valence-corrected chi connectivity index (χ0v) is 30.6. The van der Waals surface area contributed by atoms with Crippen molar-refractivity contribution in [3.8, 4) is 39.5 Å². The smallest absolute Gasteiger partial charge is 0.203 e. The van der Waals surface area contributed by atoms with Crippen LogP contribution in [0.4, 0.5) is 0 Å². The van der Waals surface area contributed by atoms with Crippen LogP contribution in [0, 0.1) is 0 Å². The van der Waals surface area contributed by atoms with E-state index < -0.39 is 8.07 Å². The molecule has 0 radical (unpaired) electrons. The minimum atomic E-state index is -2.93. The van der Waals surface area contributed by atoms with Crippen molar-refractivity contribution >= 4 is 50.8 Å². The van der Waals surface area contributed by atoms with E-state index >= 15 is 0 Å². The first kappa shape index (κ1) is 30.3. The Morgan fingerprint density at radius 1 is 0.509 bits per heavy atom. The summed E-state index contributed by atoms with van der Waals surface area (Å²) in [6.07, 6.45) is 0. The molecular weight excluding hydrogens is 659 g/mol. The van der Waals surface area contributed by atoms with Crippen LogP contribution >= 0.6 is 0 Å². The largest absolute Gasteiger partial charge is 0.293 e. The molecule has 0 saturated heterocycles. The lowest BCUT2D eigenvalue weighted by molar-refractivity contribution is 0.663. The van der Waals surface area contributed by atoms with E-state index in [4.69, 9.17) is 9.97 Å². The molecule has 11 rings (SSSR count). The molecule has 0 bridgehead atoms. The van der Waals surface area contributed by atoms with Crippen LogP contribution in [0.2, 0.25) is 0 Å². The fourth-order valence-corrected chi connectivity index (χ4v) is 14.7. The van der Waals surface area contributed by atoms with Crippen molar-refractivity contribution in [1.82, 2.24) is 14.5 Å². The summed E-state index contributed by atoms with van der Waals surface area (Å²) in [6, 6.07) is 64.4. The van der Waals surface area contributed by atoms with E-state index in [9.17, 15) is 0 Å². The number of hydrogen-bond acceptors (Lipinski definition) is 2. The molecule has 0 amide bonds. The lowest BCUT2D eigenvalue weighted by Gasteiger charge is -2.30. The number of aromatic nitrogens is 3. The van der Waals surface area contributed by atoms with Crippen LogP contribution in [-0.2, 0) is 5.41 Å². The van der Waals surface area contributed by atoms with Crippen LogP contribution in [0.5, 0.6) is 0 Å². The standard InChI is InChI=1S/C49H35N3Si/c1-49(2)40-27-15-12-24-35(40)37-30-31-38-36-25-13-16-28-41(36)52(45(38)44(37)49)47-43-39-26-14-17-29-42(39)53(33-20-8-4-9-21-33,34-22-10-5-11-23-34)48(43)51-46(50-47)32-18-6-3-7-19-32/h3-31H,1-2H3. The van der Waals surface area contributed by atoms with E-state index in [0.717, 1.165) is 33.6 Å². The second-order valence-corrected chi connectivity index (χ2v) is 18.6. The molecule has 2 aliphatic rings. The lowest BCUT2D eigenvalue weighted by Crippen LogP contribution is -2.73. The molecule has 1 aliphatic carbocycles. The van der Waals surface area contributed by atoms with E-state index in [1.165, 1.54) is 59.7 Å². The maximum absolute atomic E-state index is 5.75. The van der Waals surface area contributed by atoms with Crippen molar-refractivity contribution in [3.05, 3.63) is 187 Å². The van der Waals surface area contributed by atoms with Crippen molar-refractivity contribution in [3.63, 3.8) is 0 Å². The third-order valence-electron chi connectivity index (χ3n) is 11.9. The molecule has 9 aromatic rings. The van der Waals surface area contributed by atoms with Gasteiger partial charge < -0.3 is 0 Å².